The average molecular weight is 222 g/mol. The fourth-order valence-electron chi connectivity index (χ4n) is 1.47. The molecule has 0 unspecified atom stereocenters. The van der Waals surface area contributed by atoms with Crippen molar-refractivity contribution in [2.24, 2.45) is 5.73 Å². The molecule has 1 aromatic heterocycles. The molecule has 0 atom stereocenters. The van der Waals surface area contributed by atoms with Crippen LogP contribution in [0.2, 0.25) is 5.02 Å². The van der Waals surface area contributed by atoms with Crippen LogP contribution in [-0.4, -0.2) is 9.97 Å². The molecule has 0 saturated carbocycles. The molecule has 78 valence electrons. The molecule has 0 fully saturated rings. The predicted molar refractivity (Wildman–Crippen MR) is 61.7 cm³/mol. The number of rotatable bonds is 2. The summed E-state index contributed by atoms with van der Waals surface area (Å²) in [5.41, 5.74) is 8.44. The molecule has 3 N–H and O–H groups in total. The molecule has 1 aromatic carbocycles. The minimum atomic E-state index is 0.447. The molecule has 0 saturated heterocycles. The van der Waals surface area contributed by atoms with Gasteiger partial charge < -0.3 is 10.7 Å². The zero-order valence-corrected chi connectivity index (χ0v) is 9.17. The van der Waals surface area contributed by atoms with E-state index in [0.717, 1.165) is 22.8 Å². The first-order valence-electron chi connectivity index (χ1n) is 4.72. The van der Waals surface area contributed by atoms with Crippen molar-refractivity contribution >= 4 is 11.6 Å². The van der Waals surface area contributed by atoms with Crippen molar-refractivity contribution in [3.05, 3.63) is 40.7 Å². The topological polar surface area (TPSA) is 54.7 Å². The third-order valence-corrected chi connectivity index (χ3v) is 2.51. The molecule has 0 aliphatic rings. The molecule has 3 nitrogen and oxygen atoms in total. The zero-order valence-electron chi connectivity index (χ0n) is 8.42. The number of hydrogen-bond donors (Lipinski definition) is 2. The Morgan fingerprint density at radius 1 is 1.47 bits per heavy atom. The lowest BCUT2D eigenvalue weighted by Crippen LogP contribution is -1.98. The molecule has 0 aliphatic carbocycles. The van der Waals surface area contributed by atoms with E-state index < -0.39 is 0 Å². The summed E-state index contributed by atoms with van der Waals surface area (Å²) in [6.45, 7) is 2.41. The summed E-state index contributed by atoms with van der Waals surface area (Å²) in [7, 11) is 0. The number of halogens is 1. The van der Waals surface area contributed by atoms with Crippen LogP contribution in [0.25, 0.3) is 11.4 Å². The Bertz CT molecular complexity index is 476. The van der Waals surface area contributed by atoms with Gasteiger partial charge in [0.05, 0.1) is 5.69 Å². The first-order chi connectivity index (χ1) is 7.20. The van der Waals surface area contributed by atoms with Crippen molar-refractivity contribution < 1.29 is 0 Å². The summed E-state index contributed by atoms with van der Waals surface area (Å²) in [5.74, 6) is 0.815. The van der Waals surface area contributed by atoms with Gasteiger partial charge in [-0.3, -0.25) is 0 Å². The van der Waals surface area contributed by atoms with E-state index in [0.29, 0.717) is 11.6 Å². The van der Waals surface area contributed by atoms with Gasteiger partial charge in [-0.25, -0.2) is 4.98 Å². The molecule has 0 radical (unpaired) electrons. The van der Waals surface area contributed by atoms with Crippen LogP contribution < -0.4 is 5.73 Å². The highest BCUT2D eigenvalue weighted by Crippen LogP contribution is 2.21. The molecule has 4 heteroatoms. The van der Waals surface area contributed by atoms with Gasteiger partial charge in [0.2, 0.25) is 0 Å². The van der Waals surface area contributed by atoms with Gasteiger partial charge in [-0.2, -0.15) is 0 Å². The summed E-state index contributed by atoms with van der Waals surface area (Å²) in [6.07, 6.45) is 0. The van der Waals surface area contributed by atoms with E-state index in [9.17, 15) is 0 Å². The van der Waals surface area contributed by atoms with E-state index in [2.05, 4.69) is 9.97 Å². The molecule has 2 rings (SSSR count). The second-order valence-electron chi connectivity index (χ2n) is 3.37. The summed E-state index contributed by atoms with van der Waals surface area (Å²) in [6, 6.07) is 7.58. The first kappa shape index (κ1) is 10.2. The van der Waals surface area contributed by atoms with Gasteiger partial charge >= 0.3 is 0 Å². The van der Waals surface area contributed by atoms with Gasteiger partial charge in [0, 0.05) is 22.8 Å². The van der Waals surface area contributed by atoms with E-state index in [-0.39, 0.29) is 0 Å². The van der Waals surface area contributed by atoms with Crippen LogP contribution in [0.15, 0.2) is 24.3 Å². The highest BCUT2D eigenvalue weighted by molar-refractivity contribution is 6.30. The Kier molecular flexibility index (Phi) is 2.75. The third-order valence-electron chi connectivity index (χ3n) is 2.28. The van der Waals surface area contributed by atoms with Crippen molar-refractivity contribution in [1.29, 1.82) is 0 Å². The summed E-state index contributed by atoms with van der Waals surface area (Å²) in [4.78, 5) is 7.59. The Hall–Kier alpha value is -1.32. The highest BCUT2D eigenvalue weighted by Gasteiger charge is 2.06. The lowest BCUT2D eigenvalue weighted by atomic mass is 10.2. The van der Waals surface area contributed by atoms with E-state index >= 15 is 0 Å². The maximum Gasteiger partial charge on any atom is 0.137 e. The van der Waals surface area contributed by atoms with E-state index in [1.54, 1.807) is 0 Å². The fourth-order valence-corrected chi connectivity index (χ4v) is 1.66. The summed E-state index contributed by atoms with van der Waals surface area (Å²) < 4.78 is 0. The van der Waals surface area contributed by atoms with Crippen molar-refractivity contribution in [2.45, 2.75) is 13.5 Å². The number of nitrogens with one attached hydrogen (secondary N) is 1. The lowest BCUT2D eigenvalue weighted by Gasteiger charge is -1.96. The van der Waals surface area contributed by atoms with Crippen molar-refractivity contribution in [2.75, 3.05) is 0 Å². The second-order valence-corrected chi connectivity index (χ2v) is 3.81. The van der Waals surface area contributed by atoms with Crippen molar-refractivity contribution in [3.63, 3.8) is 0 Å². The van der Waals surface area contributed by atoms with Crippen molar-refractivity contribution in [1.82, 2.24) is 9.97 Å². The Morgan fingerprint density at radius 2 is 2.27 bits per heavy atom. The zero-order chi connectivity index (χ0) is 10.8. The van der Waals surface area contributed by atoms with Crippen LogP contribution in [0.4, 0.5) is 0 Å². The normalized spacial score (nSPS) is 10.6. The van der Waals surface area contributed by atoms with Crippen LogP contribution in [0.1, 0.15) is 11.4 Å². The number of benzene rings is 1. The number of hydrogen-bond acceptors (Lipinski definition) is 2. The minimum Gasteiger partial charge on any atom is -0.342 e. The number of nitrogens with two attached hydrogens (primary N) is 1. The Labute approximate surface area is 93.3 Å². The second kappa shape index (κ2) is 4.04. The number of H-pyrrole nitrogens is 1. The predicted octanol–water partition coefficient (Wildman–Crippen LogP) is 2.50. The van der Waals surface area contributed by atoms with Gasteiger partial charge in [-0.15, -0.1) is 0 Å². The van der Waals surface area contributed by atoms with E-state index in [1.165, 1.54) is 0 Å². The average Bonchev–Trinajstić information content (AvgIpc) is 2.60. The van der Waals surface area contributed by atoms with Crippen LogP contribution in [0, 0.1) is 6.92 Å². The number of imidazole rings is 1. The van der Waals surface area contributed by atoms with Crippen LogP contribution in [0.3, 0.4) is 0 Å². The summed E-state index contributed by atoms with van der Waals surface area (Å²) in [5, 5.41) is 0.704. The molecule has 0 spiro atoms. The SMILES string of the molecule is Cc1[nH]c(-c2cccc(Cl)c2)nc1CN. The molecule has 1 heterocycles. The van der Waals surface area contributed by atoms with Crippen LogP contribution in [-0.2, 0) is 6.54 Å². The largest absolute Gasteiger partial charge is 0.342 e. The highest BCUT2D eigenvalue weighted by atomic mass is 35.5. The molecule has 15 heavy (non-hydrogen) atoms. The van der Waals surface area contributed by atoms with Gasteiger partial charge in [0.15, 0.2) is 0 Å². The molecule has 0 bridgehead atoms. The molecular formula is C11H12ClN3. The fraction of sp³-hybridized carbons (Fsp3) is 0.182. The molecule has 2 aromatic rings. The molecular weight excluding hydrogens is 210 g/mol. The monoisotopic (exact) mass is 221 g/mol. The molecule has 0 amide bonds. The lowest BCUT2D eigenvalue weighted by molar-refractivity contribution is 0.993. The number of aryl methyl sites for hydroxylation is 1. The maximum atomic E-state index is 5.91. The Balaban J connectivity index is 2.45. The Morgan fingerprint density at radius 3 is 2.87 bits per heavy atom. The smallest absolute Gasteiger partial charge is 0.137 e. The number of aromatic nitrogens is 2. The quantitative estimate of drug-likeness (QED) is 0.819. The van der Waals surface area contributed by atoms with Crippen molar-refractivity contribution in [3.8, 4) is 11.4 Å². The number of nitrogens with zero attached hydrogens (tertiary/aromatic N) is 1. The standard InChI is InChI=1S/C11H12ClN3/c1-7-10(6-13)15-11(14-7)8-3-2-4-9(12)5-8/h2-5H,6,13H2,1H3,(H,14,15). The maximum absolute atomic E-state index is 5.91. The van der Waals surface area contributed by atoms with Gasteiger partial charge in [-0.1, -0.05) is 23.7 Å². The summed E-state index contributed by atoms with van der Waals surface area (Å²) >= 11 is 5.91. The van der Waals surface area contributed by atoms with Crippen LogP contribution in [0.5, 0.6) is 0 Å². The van der Waals surface area contributed by atoms with E-state index in [1.807, 2.05) is 31.2 Å². The van der Waals surface area contributed by atoms with Gasteiger partial charge in [0.25, 0.3) is 0 Å². The first-order valence-corrected chi connectivity index (χ1v) is 5.10. The third kappa shape index (κ3) is 2.03. The number of aromatic amines is 1. The minimum absolute atomic E-state index is 0.447. The van der Waals surface area contributed by atoms with Gasteiger partial charge in [0.1, 0.15) is 5.82 Å². The molecule has 0 aliphatic heterocycles. The van der Waals surface area contributed by atoms with E-state index in [4.69, 9.17) is 17.3 Å². The van der Waals surface area contributed by atoms with Gasteiger partial charge in [-0.05, 0) is 19.1 Å². The van der Waals surface area contributed by atoms with Crippen LogP contribution >= 0.6 is 11.6 Å².